The number of ether oxygens (including phenoxy) is 1. The fraction of sp³-hybridized carbons (Fsp3) is 0.632. The van der Waals surface area contributed by atoms with Crippen molar-refractivity contribution in [3.05, 3.63) is 35.4 Å². The van der Waals surface area contributed by atoms with Crippen molar-refractivity contribution in [2.24, 2.45) is 11.8 Å². The summed E-state index contributed by atoms with van der Waals surface area (Å²) in [6.45, 7) is 9.08. The summed E-state index contributed by atoms with van der Waals surface area (Å²) in [5.74, 6) is 2.00. The van der Waals surface area contributed by atoms with Crippen LogP contribution < -0.4 is 0 Å². The van der Waals surface area contributed by atoms with Gasteiger partial charge in [0, 0.05) is 5.56 Å². The van der Waals surface area contributed by atoms with Gasteiger partial charge in [-0.1, -0.05) is 52.0 Å². The zero-order valence-corrected chi connectivity index (χ0v) is 13.8. The molecule has 2 unspecified atom stereocenters. The number of hydrogen-bond donors (Lipinski definition) is 0. The van der Waals surface area contributed by atoms with Crippen molar-refractivity contribution < 1.29 is 9.53 Å². The molecule has 0 N–H and O–H groups in total. The van der Waals surface area contributed by atoms with E-state index in [0.29, 0.717) is 17.8 Å². The third-order valence-electron chi connectivity index (χ3n) is 4.48. The summed E-state index contributed by atoms with van der Waals surface area (Å²) in [4.78, 5) is 12.2. The average Bonchev–Trinajstić information content (AvgIpc) is 2.44. The molecule has 0 aliphatic heterocycles. The van der Waals surface area contributed by atoms with Gasteiger partial charge >= 0.3 is 0 Å². The lowest BCUT2D eigenvalue weighted by molar-refractivity contribution is 0.00562. The molecular formula is C19H28O2. The average molecular weight is 288 g/mol. The number of carbonyl (C=O) groups is 1. The third kappa shape index (κ3) is 4.67. The largest absolute Gasteiger partial charge is 0.370 e. The number of hydrogen-bond acceptors (Lipinski definition) is 2. The quantitative estimate of drug-likeness (QED) is 0.725. The SMILES string of the molecule is CC1CC(C)CC(OCC(=O)c2ccc(C(C)C)cc2)C1. The maximum Gasteiger partial charge on any atom is 0.188 e. The molecule has 1 aromatic carbocycles. The zero-order valence-electron chi connectivity index (χ0n) is 13.8. The van der Waals surface area contributed by atoms with Gasteiger partial charge in [0.05, 0.1) is 6.10 Å². The molecule has 0 spiro atoms. The first-order valence-corrected chi connectivity index (χ1v) is 8.20. The Kier molecular flexibility index (Phi) is 5.58. The van der Waals surface area contributed by atoms with Crippen LogP contribution in [0, 0.1) is 11.8 Å². The molecule has 0 saturated heterocycles. The molecule has 2 rings (SSSR count). The van der Waals surface area contributed by atoms with E-state index in [2.05, 4.69) is 27.7 Å². The minimum Gasteiger partial charge on any atom is -0.370 e. The molecule has 0 amide bonds. The summed E-state index contributed by atoms with van der Waals surface area (Å²) in [5, 5.41) is 0. The molecule has 21 heavy (non-hydrogen) atoms. The van der Waals surface area contributed by atoms with Crippen LogP contribution >= 0.6 is 0 Å². The van der Waals surface area contributed by atoms with Crippen molar-refractivity contribution in [2.75, 3.05) is 6.61 Å². The molecule has 0 aromatic heterocycles. The van der Waals surface area contributed by atoms with Crippen LogP contribution in [0.15, 0.2) is 24.3 Å². The van der Waals surface area contributed by atoms with E-state index < -0.39 is 0 Å². The fourth-order valence-electron chi connectivity index (χ4n) is 3.34. The van der Waals surface area contributed by atoms with Crippen LogP contribution in [-0.2, 0) is 4.74 Å². The molecule has 1 saturated carbocycles. The molecule has 1 aliphatic carbocycles. The monoisotopic (exact) mass is 288 g/mol. The highest BCUT2D eigenvalue weighted by atomic mass is 16.5. The van der Waals surface area contributed by atoms with Crippen LogP contribution in [0.3, 0.4) is 0 Å². The molecule has 1 fully saturated rings. The van der Waals surface area contributed by atoms with Crippen molar-refractivity contribution in [1.82, 2.24) is 0 Å². The van der Waals surface area contributed by atoms with Crippen molar-refractivity contribution in [2.45, 2.75) is 59.0 Å². The second kappa shape index (κ2) is 7.22. The molecule has 0 heterocycles. The molecule has 0 bridgehead atoms. The summed E-state index contributed by atoms with van der Waals surface area (Å²) in [7, 11) is 0. The Hall–Kier alpha value is -1.15. The highest BCUT2D eigenvalue weighted by Crippen LogP contribution is 2.30. The van der Waals surface area contributed by atoms with Crippen molar-refractivity contribution >= 4 is 5.78 Å². The Morgan fingerprint density at radius 1 is 1.10 bits per heavy atom. The van der Waals surface area contributed by atoms with E-state index in [-0.39, 0.29) is 18.5 Å². The van der Waals surface area contributed by atoms with E-state index in [0.717, 1.165) is 18.4 Å². The lowest BCUT2D eigenvalue weighted by Gasteiger charge is -2.31. The Balaban J connectivity index is 1.86. The summed E-state index contributed by atoms with van der Waals surface area (Å²) in [6, 6.07) is 7.94. The standard InChI is InChI=1S/C19H28O2/c1-13(2)16-5-7-17(8-6-16)19(20)12-21-18-10-14(3)9-15(4)11-18/h5-8,13-15,18H,9-12H2,1-4H3. The van der Waals surface area contributed by atoms with Gasteiger partial charge in [-0.2, -0.15) is 0 Å². The smallest absolute Gasteiger partial charge is 0.188 e. The Bertz CT molecular complexity index is 451. The Morgan fingerprint density at radius 3 is 2.19 bits per heavy atom. The molecule has 1 aliphatic rings. The van der Waals surface area contributed by atoms with Crippen molar-refractivity contribution in [1.29, 1.82) is 0 Å². The second-order valence-corrected chi connectivity index (χ2v) is 7.05. The summed E-state index contributed by atoms with van der Waals surface area (Å²) < 4.78 is 5.87. The van der Waals surface area contributed by atoms with Gasteiger partial charge in [0.25, 0.3) is 0 Å². The van der Waals surface area contributed by atoms with Crippen LogP contribution in [0.4, 0.5) is 0 Å². The highest BCUT2D eigenvalue weighted by molar-refractivity contribution is 5.97. The predicted octanol–water partition coefficient (Wildman–Crippen LogP) is 4.83. The Morgan fingerprint density at radius 2 is 1.67 bits per heavy atom. The molecule has 2 heteroatoms. The number of rotatable bonds is 5. The summed E-state index contributed by atoms with van der Waals surface area (Å²) in [6.07, 6.45) is 3.71. The van der Waals surface area contributed by atoms with E-state index >= 15 is 0 Å². The van der Waals surface area contributed by atoms with Gasteiger partial charge in [0.15, 0.2) is 5.78 Å². The maximum atomic E-state index is 12.2. The number of ketones is 1. The Labute approximate surface area is 128 Å². The lowest BCUT2D eigenvalue weighted by atomic mass is 9.82. The molecule has 1 aromatic rings. The van der Waals surface area contributed by atoms with Gasteiger partial charge < -0.3 is 4.74 Å². The van der Waals surface area contributed by atoms with Crippen LogP contribution in [-0.4, -0.2) is 18.5 Å². The molecule has 0 radical (unpaired) electrons. The summed E-state index contributed by atoms with van der Waals surface area (Å²) >= 11 is 0. The van der Waals surface area contributed by atoms with Gasteiger partial charge in [0.2, 0.25) is 0 Å². The second-order valence-electron chi connectivity index (χ2n) is 7.05. The van der Waals surface area contributed by atoms with E-state index in [1.165, 1.54) is 12.0 Å². The number of benzene rings is 1. The van der Waals surface area contributed by atoms with E-state index in [1.807, 2.05) is 24.3 Å². The van der Waals surface area contributed by atoms with Gasteiger partial charge in [-0.05, 0) is 42.6 Å². The molecule has 2 atom stereocenters. The van der Waals surface area contributed by atoms with Crippen LogP contribution in [0.5, 0.6) is 0 Å². The van der Waals surface area contributed by atoms with Gasteiger partial charge in [-0.3, -0.25) is 4.79 Å². The molecule has 116 valence electrons. The predicted molar refractivity (Wildman–Crippen MR) is 86.8 cm³/mol. The van der Waals surface area contributed by atoms with Crippen molar-refractivity contribution in [3.8, 4) is 0 Å². The van der Waals surface area contributed by atoms with Crippen LogP contribution in [0.2, 0.25) is 0 Å². The van der Waals surface area contributed by atoms with Crippen molar-refractivity contribution in [3.63, 3.8) is 0 Å². The fourth-order valence-corrected chi connectivity index (χ4v) is 3.34. The minimum absolute atomic E-state index is 0.0937. The topological polar surface area (TPSA) is 26.3 Å². The molecule has 2 nitrogen and oxygen atoms in total. The normalized spacial score (nSPS) is 26.0. The zero-order chi connectivity index (χ0) is 15.4. The number of carbonyl (C=O) groups excluding carboxylic acids is 1. The first-order valence-electron chi connectivity index (χ1n) is 8.20. The van der Waals surface area contributed by atoms with Crippen LogP contribution in [0.1, 0.15) is 68.8 Å². The molecular weight excluding hydrogens is 260 g/mol. The number of Topliss-reactive ketones (excluding diaryl/α,β-unsaturated/α-hetero) is 1. The first kappa shape index (κ1) is 16.2. The third-order valence-corrected chi connectivity index (χ3v) is 4.48. The van der Waals surface area contributed by atoms with E-state index in [9.17, 15) is 4.79 Å². The minimum atomic E-state index is 0.0937. The van der Waals surface area contributed by atoms with Gasteiger partial charge in [0.1, 0.15) is 6.61 Å². The van der Waals surface area contributed by atoms with E-state index in [4.69, 9.17) is 4.74 Å². The van der Waals surface area contributed by atoms with Gasteiger partial charge in [-0.25, -0.2) is 0 Å². The lowest BCUT2D eigenvalue weighted by Crippen LogP contribution is -2.28. The first-order chi connectivity index (χ1) is 9.95. The van der Waals surface area contributed by atoms with Crippen LogP contribution in [0.25, 0.3) is 0 Å². The van der Waals surface area contributed by atoms with Gasteiger partial charge in [-0.15, -0.1) is 0 Å². The van der Waals surface area contributed by atoms with E-state index in [1.54, 1.807) is 0 Å². The summed E-state index contributed by atoms with van der Waals surface area (Å²) in [5.41, 5.74) is 2.03. The maximum absolute atomic E-state index is 12.2. The highest BCUT2D eigenvalue weighted by Gasteiger charge is 2.25.